The number of hydrogen-bond donors (Lipinski definition) is 0. The van der Waals surface area contributed by atoms with Crippen molar-refractivity contribution in [2.24, 2.45) is 76.9 Å². The zero-order chi connectivity index (χ0) is 99.3. The van der Waals surface area contributed by atoms with Gasteiger partial charge in [0.2, 0.25) is 6.10 Å². The number of ketones is 1. The van der Waals surface area contributed by atoms with Crippen LogP contribution in [-0.4, -0.2) is 277 Å². The van der Waals surface area contributed by atoms with Crippen molar-refractivity contribution in [3.63, 3.8) is 0 Å². The quantitative estimate of drug-likeness (QED) is 0.0616. The third kappa shape index (κ3) is 26.1. The summed E-state index contributed by atoms with van der Waals surface area (Å²) in [5, 5.41) is 0. The molecule has 0 aromatic rings. The van der Waals surface area contributed by atoms with E-state index in [1.807, 2.05) is 0 Å². The van der Waals surface area contributed by atoms with Crippen molar-refractivity contribution in [3.05, 3.63) is 85.1 Å². The van der Waals surface area contributed by atoms with Crippen LogP contribution in [0.2, 0.25) is 0 Å². The largest absolute Gasteiger partial charge is 0.465 e. The Kier molecular flexibility index (Phi) is 34.5. The Hall–Kier alpha value is -12.8. The van der Waals surface area contributed by atoms with Crippen molar-refractivity contribution >= 4 is 125 Å². The fraction of sp³-hybridized carbons (Fsp3) is 0.624. The molecule has 10 aliphatic heterocycles. The Morgan fingerprint density at radius 2 is 0.801 bits per heavy atom. The minimum atomic E-state index is -0.879. The third-order valence-electron chi connectivity index (χ3n) is 25.7. The van der Waals surface area contributed by atoms with E-state index in [2.05, 4.69) is 65.0 Å². The van der Waals surface area contributed by atoms with Crippen LogP contribution in [0.25, 0.3) is 0 Å². The van der Waals surface area contributed by atoms with Crippen LogP contribution in [0.5, 0.6) is 0 Å². The second kappa shape index (κ2) is 45.2. The van der Waals surface area contributed by atoms with Crippen LogP contribution in [0, 0.1) is 76.9 Å². The van der Waals surface area contributed by atoms with Crippen molar-refractivity contribution < 1.29 is 205 Å². The van der Waals surface area contributed by atoms with Crippen LogP contribution >= 0.6 is 0 Å². The van der Waals surface area contributed by atoms with Crippen molar-refractivity contribution in [2.45, 2.75) is 217 Å². The van der Waals surface area contributed by atoms with Crippen LogP contribution in [0.4, 0.5) is 0 Å². The zero-order valence-electron chi connectivity index (χ0n) is 76.1. The average molecular weight is 1920 g/mol. The summed E-state index contributed by atoms with van der Waals surface area (Å²) in [6.45, 7) is 32.2. The number of carbonyl (C=O) groups excluding carboxylic acids is 21. The van der Waals surface area contributed by atoms with Crippen molar-refractivity contribution in [1.29, 1.82) is 0 Å². The van der Waals surface area contributed by atoms with Gasteiger partial charge in [-0.15, -0.1) is 0 Å². The van der Waals surface area contributed by atoms with Gasteiger partial charge in [-0.25, -0.2) is 71.9 Å². The van der Waals surface area contributed by atoms with Gasteiger partial charge in [-0.05, 0) is 130 Å². The Balaban J connectivity index is 0.000000153. The summed E-state index contributed by atoms with van der Waals surface area (Å²) in [6.07, 6.45) is 4.33. The van der Waals surface area contributed by atoms with E-state index in [1.54, 1.807) is 0 Å². The van der Waals surface area contributed by atoms with E-state index in [1.165, 1.54) is 48.5 Å². The summed E-state index contributed by atoms with van der Waals surface area (Å²) < 4.78 is 110. The maximum absolute atomic E-state index is 12.2. The molecule has 0 amide bonds. The predicted octanol–water partition coefficient (Wildman–Crippen LogP) is 3.27. The van der Waals surface area contributed by atoms with Gasteiger partial charge in [0.1, 0.15) is 60.7 Å². The molecule has 43 nitrogen and oxygen atoms in total. The SMILES string of the molecule is C=C(C)C(=O)OCC(=O)OC12CC3CC(=O)C(CC(C3)C1)C2.C=C(C)C(=O)OCC(=O)OC1C2CC3C(=O)OC1C3C2.C=C(C)C(=O)OCC(=O)OC1C2CC3C(=O)OC1C3O2.C=C(C)C(=O)OCC(=O)OC1CC2CC1C1C(=O)OCC21.C=C(C)C(=O)OCC(=O)OC1CC2OC1C1C(=O)OCC21.C=C(C)C(=O)OCC(=O)OC1CCOC1=O.C=C(C)C(=O)OCC(=O)OC1COC(=O)C1. The Bertz CT molecular complexity index is 4690. The Labute approximate surface area is 778 Å². The molecule has 10 heterocycles. The number of esters is 20. The topological polar surface area (TPSA) is 562 Å². The van der Waals surface area contributed by atoms with Crippen LogP contribution < -0.4 is 0 Å². The van der Waals surface area contributed by atoms with Crippen molar-refractivity contribution in [1.82, 2.24) is 0 Å². The molecule has 8 saturated carbocycles. The summed E-state index contributed by atoms with van der Waals surface area (Å²) >= 11 is 0. The molecule has 740 valence electrons. The second-order valence-corrected chi connectivity index (χ2v) is 36.4. The number of hydrogen-bond acceptors (Lipinski definition) is 43. The molecule has 18 aliphatic rings. The summed E-state index contributed by atoms with van der Waals surface area (Å²) in [6, 6.07) is 0. The Morgan fingerprint density at radius 1 is 0.346 bits per heavy atom. The van der Waals surface area contributed by atoms with Gasteiger partial charge in [-0.3, -0.25) is 28.8 Å². The number of cyclic esters (lactones) is 4. The minimum absolute atomic E-state index is 0.0128. The summed E-state index contributed by atoms with van der Waals surface area (Å²) in [4.78, 5) is 239. The van der Waals surface area contributed by atoms with Crippen LogP contribution in [0.3, 0.4) is 0 Å². The first-order valence-electron chi connectivity index (χ1n) is 44.3. The highest BCUT2D eigenvalue weighted by atomic mass is 16.7. The van der Waals surface area contributed by atoms with Gasteiger partial charge < -0.3 is 104 Å². The molecular weight excluding hydrogens is 1800 g/mol. The summed E-state index contributed by atoms with van der Waals surface area (Å²) in [5.41, 5.74) is 1.00. The number of rotatable bonds is 28. The first kappa shape index (κ1) is 104. The monoisotopic (exact) mass is 1910 g/mol. The Morgan fingerprint density at radius 3 is 1.32 bits per heavy atom. The molecule has 18 fully saturated rings. The van der Waals surface area contributed by atoms with E-state index in [0.29, 0.717) is 74.8 Å². The third-order valence-corrected chi connectivity index (χ3v) is 25.7. The lowest BCUT2D eigenvalue weighted by Crippen LogP contribution is -2.47. The number of Topliss-reactive ketones (excluding diaryl/α,β-unsaturated/α-hetero) is 1. The standard InChI is InChI=1S/C17H22O5.C15H18O6.C14H16O7.C14H16O6.C13H14O7.2C10H12O6/c1-10(2)16(20)21-9-15(19)22-17-6-11-3-12(7-17)5-14(18)13(4-11)8-17;1-7(2)14(17)20-6-12(16)21-11-4-8-3-9(11)13-10(8)5-19-15(13)18;1-6(2)13(16)19-5-10(15)20-9-3-8-7-4-18-14(17)11(7)12(9)21-8;1-6(2)13(16)18-5-10(15)19-11-7-3-8-9(4-7)14(17)20-12(8)11;1-5(2)12(15)17-4-8(14)19-10-7-3-6-9(18-7)11(10)20-13(6)16;1-6(2)10(13)15-5-9(12)16-7-3-8(11)14-4-7;1-6(2)9(12)15-5-8(11)16-7-3-4-14-10(7)13/h11-13H,1,3-9H2,2H3;8-11,13H,1,3-6H2,2H3;7-9,11-12H,1,3-5H2,2H3;7-9,11-12H,1,3-5H2,2H3;6-7,9-11H,1,3-4H2,2H3;2*7H,1,3-5H2,2H3. The maximum atomic E-state index is 12.2. The lowest BCUT2D eigenvalue weighted by molar-refractivity contribution is -0.181. The first-order valence-corrected chi connectivity index (χ1v) is 44.3. The fourth-order valence-corrected chi connectivity index (χ4v) is 19.9. The molecule has 0 aromatic heterocycles. The van der Waals surface area contributed by atoms with Crippen LogP contribution in [-0.2, 0) is 205 Å². The van der Waals surface area contributed by atoms with E-state index in [4.69, 9.17) is 85.3 Å². The molecule has 136 heavy (non-hydrogen) atoms. The lowest BCUT2D eigenvalue weighted by Gasteiger charge is -2.46. The summed E-state index contributed by atoms with van der Waals surface area (Å²) in [5.74, 6) is -9.27. The highest BCUT2D eigenvalue weighted by Crippen LogP contribution is 2.58. The van der Waals surface area contributed by atoms with Gasteiger partial charge in [0, 0.05) is 93.8 Å². The molecule has 43 heteroatoms. The normalized spacial score (nSPS) is 32.1. The van der Waals surface area contributed by atoms with Gasteiger partial charge in [0.05, 0.1) is 62.1 Å². The number of fused-ring (bicyclic) bond motifs is 13. The van der Waals surface area contributed by atoms with Crippen molar-refractivity contribution in [2.75, 3.05) is 72.7 Å². The van der Waals surface area contributed by atoms with Gasteiger partial charge in [0.25, 0.3) is 0 Å². The molecule has 0 radical (unpaired) electrons. The first-order chi connectivity index (χ1) is 64.2. The van der Waals surface area contributed by atoms with Crippen LogP contribution in [0.1, 0.15) is 138 Å². The summed E-state index contributed by atoms with van der Waals surface area (Å²) in [7, 11) is 0. The molecule has 26 atom stereocenters. The second-order valence-electron chi connectivity index (χ2n) is 36.4. The zero-order valence-corrected chi connectivity index (χ0v) is 76.1. The van der Waals surface area contributed by atoms with Gasteiger partial charge in [-0.1, -0.05) is 46.1 Å². The van der Waals surface area contributed by atoms with Crippen molar-refractivity contribution in [3.8, 4) is 0 Å². The molecule has 12 bridgehead atoms. The van der Waals surface area contributed by atoms with E-state index in [-0.39, 0.29) is 173 Å². The highest BCUT2D eigenvalue weighted by molar-refractivity contribution is 5.93. The van der Waals surface area contributed by atoms with E-state index < -0.39 is 183 Å². The lowest BCUT2D eigenvalue weighted by atomic mass is 9.65. The predicted molar refractivity (Wildman–Crippen MR) is 444 cm³/mol. The van der Waals surface area contributed by atoms with Gasteiger partial charge in [0.15, 0.2) is 58.5 Å². The molecule has 0 aromatic carbocycles. The van der Waals surface area contributed by atoms with E-state index in [0.717, 1.165) is 51.4 Å². The molecule has 0 spiro atoms. The van der Waals surface area contributed by atoms with Crippen LogP contribution in [0.15, 0.2) is 85.1 Å². The van der Waals surface area contributed by atoms with Gasteiger partial charge >= 0.3 is 119 Å². The molecule has 26 unspecified atom stereocenters. The van der Waals surface area contributed by atoms with E-state index in [9.17, 15) is 101 Å². The molecule has 8 aliphatic carbocycles. The molecule has 0 N–H and O–H groups in total. The molecular formula is C93H110O43. The maximum Gasteiger partial charge on any atom is 0.347 e. The highest BCUT2D eigenvalue weighted by Gasteiger charge is 2.67. The fourth-order valence-electron chi connectivity index (χ4n) is 19.9. The minimum Gasteiger partial charge on any atom is -0.465 e. The van der Waals surface area contributed by atoms with E-state index >= 15 is 0 Å². The molecule has 18 rings (SSSR count). The smallest absolute Gasteiger partial charge is 0.347 e. The van der Waals surface area contributed by atoms with Gasteiger partial charge in [-0.2, -0.15) is 0 Å². The number of ether oxygens (including phenoxy) is 22. The average Bonchev–Trinajstić information content (AvgIpc) is 1.56. The number of carbonyl (C=O) groups is 21. The molecule has 10 saturated heterocycles.